The smallest absolute Gasteiger partial charge is 0.445 e. The zero-order valence-corrected chi connectivity index (χ0v) is 12.5. The van der Waals surface area contributed by atoms with Gasteiger partial charge in [-0.25, -0.2) is 9.18 Å². The number of aromatic nitrogens is 2. The van der Waals surface area contributed by atoms with Gasteiger partial charge in [-0.05, 0) is 18.2 Å². The van der Waals surface area contributed by atoms with Crippen LogP contribution in [0.25, 0.3) is 11.0 Å². The number of carbonyl (C=O) groups excluding carboxylic acids is 1. The Balaban J connectivity index is 2.00. The summed E-state index contributed by atoms with van der Waals surface area (Å²) in [5.74, 6) is -2.91. The quantitative estimate of drug-likeness (QED) is 0.527. The topological polar surface area (TPSA) is 105 Å². The zero-order valence-electron chi connectivity index (χ0n) is 11.7. The number of fused-ring (bicyclic) bond motifs is 1. The fourth-order valence-corrected chi connectivity index (χ4v) is 2.51. The molecule has 0 aliphatic carbocycles. The van der Waals surface area contributed by atoms with Gasteiger partial charge in [0.2, 0.25) is 10.1 Å². The molecule has 0 radical (unpaired) electrons. The van der Waals surface area contributed by atoms with E-state index in [9.17, 15) is 32.3 Å². The van der Waals surface area contributed by atoms with E-state index in [1.54, 1.807) is 0 Å². The van der Waals surface area contributed by atoms with E-state index in [0.717, 1.165) is 18.2 Å². The van der Waals surface area contributed by atoms with Crippen LogP contribution in [0.5, 0.6) is 5.75 Å². The molecule has 3 aromatic rings. The molecule has 1 amide bonds. The molecule has 2 heterocycles. The third kappa shape index (κ3) is 3.15. The molecule has 0 unspecified atom stereocenters. The van der Waals surface area contributed by atoms with Crippen molar-refractivity contribution >= 4 is 33.3 Å². The van der Waals surface area contributed by atoms with Crippen LogP contribution < -0.4 is 10.9 Å². The monoisotopic (exact) mass is 375 g/mol. The van der Waals surface area contributed by atoms with Gasteiger partial charge in [0.25, 0.3) is 5.91 Å². The van der Waals surface area contributed by atoms with E-state index < -0.39 is 45.0 Å². The Hall–Kier alpha value is -3.02. The summed E-state index contributed by atoms with van der Waals surface area (Å²) in [5.41, 5.74) is -2.33. The van der Waals surface area contributed by atoms with Gasteiger partial charge in [-0.15, -0.1) is 10.2 Å². The molecule has 2 N–H and O–H groups in total. The van der Waals surface area contributed by atoms with E-state index in [2.05, 4.69) is 10.2 Å². The summed E-state index contributed by atoms with van der Waals surface area (Å²) >= 11 is 0.0272. The molecule has 0 saturated heterocycles. The van der Waals surface area contributed by atoms with Crippen LogP contribution in [0.2, 0.25) is 0 Å². The molecule has 25 heavy (non-hydrogen) atoms. The third-order valence-electron chi connectivity index (χ3n) is 2.96. The van der Waals surface area contributed by atoms with Crippen molar-refractivity contribution in [2.45, 2.75) is 6.18 Å². The van der Waals surface area contributed by atoms with Crippen molar-refractivity contribution in [3.8, 4) is 5.75 Å². The van der Waals surface area contributed by atoms with Gasteiger partial charge in [-0.1, -0.05) is 11.3 Å². The molecule has 7 nitrogen and oxygen atoms in total. The first kappa shape index (κ1) is 16.8. The van der Waals surface area contributed by atoms with E-state index in [1.165, 1.54) is 0 Å². The normalized spacial score (nSPS) is 11.7. The number of nitrogens with one attached hydrogen (secondary N) is 1. The minimum absolute atomic E-state index is 0.0272. The number of anilines is 1. The van der Waals surface area contributed by atoms with Crippen LogP contribution in [0, 0.1) is 5.82 Å². The highest BCUT2D eigenvalue weighted by Gasteiger charge is 2.36. The minimum Gasteiger partial charge on any atom is -0.506 e. The Morgan fingerprint density at radius 1 is 1.28 bits per heavy atom. The van der Waals surface area contributed by atoms with Crippen LogP contribution in [0.15, 0.2) is 27.4 Å². The van der Waals surface area contributed by atoms with Gasteiger partial charge in [-0.3, -0.25) is 10.1 Å². The van der Waals surface area contributed by atoms with Gasteiger partial charge in [0.05, 0.1) is 5.39 Å². The van der Waals surface area contributed by atoms with Crippen molar-refractivity contribution in [2.75, 3.05) is 5.32 Å². The van der Waals surface area contributed by atoms with Crippen molar-refractivity contribution in [3.05, 3.63) is 45.0 Å². The molecule has 0 spiro atoms. The third-order valence-corrected chi connectivity index (χ3v) is 3.84. The van der Waals surface area contributed by atoms with E-state index in [1.807, 2.05) is 5.32 Å². The lowest BCUT2D eigenvalue weighted by molar-refractivity contribution is -0.138. The maximum Gasteiger partial charge on any atom is 0.445 e. The molecule has 0 bridgehead atoms. The van der Waals surface area contributed by atoms with Crippen LogP contribution in [0.1, 0.15) is 15.4 Å². The predicted molar refractivity (Wildman–Crippen MR) is 77.0 cm³/mol. The Morgan fingerprint density at radius 3 is 2.64 bits per heavy atom. The summed E-state index contributed by atoms with van der Waals surface area (Å²) in [7, 11) is 0. The Labute approximate surface area is 138 Å². The van der Waals surface area contributed by atoms with Crippen LogP contribution in [-0.4, -0.2) is 21.2 Å². The van der Waals surface area contributed by atoms with Crippen LogP contribution >= 0.6 is 11.3 Å². The second-order valence-corrected chi connectivity index (χ2v) is 5.60. The molecule has 1 aromatic carbocycles. The fraction of sp³-hybridized carbons (Fsp3) is 0.0769. The van der Waals surface area contributed by atoms with Crippen LogP contribution in [0.3, 0.4) is 0 Å². The highest BCUT2D eigenvalue weighted by Crippen LogP contribution is 2.33. The Morgan fingerprint density at radius 2 is 2.00 bits per heavy atom. The lowest BCUT2D eigenvalue weighted by Crippen LogP contribution is -2.21. The number of carbonyl (C=O) groups is 1. The number of hydrogen-bond acceptors (Lipinski definition) is 7. The average molecular weight is 375 g/mol. The first-order chi connectivity index (χ1) is 11.7. The number of amides is 1. The number of benzene rings is 1. The molecule has 12 heteroatoms. The molecule has 0 aliphatic heterocycles. The molecule has 0 fully saturated rings. The highest BCUT2D eigenvalue weighted by molar-refractivity contribution is 7.15. The molecule has 2 aromatic heterocycles. The van der Waals surface area contributed by atoms with Crippen molar-refractivity contribution in [2.24, 2.45) is 0 Å². The van der Waals surface area contributed by atoms with E-state index in [-0.39, 0.29) is 22.3 Å². The maximum atomic E-state index is 13.3. The summed E-state index contributed by atoms with van der Waals surface area (Å²) in [6.07, 6.45) is -4.75. The standard InChI is InChI=1S/C13H5F4N3O4S/c14-4-1-2-6-5(3-4)8(21)7(10(23)24-6)9(22)18-12-20-19-11(25-12)13(15,16)17/h1-3,21H,(H,18,20,22). The van der Waals surface area contributed by atoms with Gasteiger partial charge in [-0.2, -0.15) is 13.2 Å². The number of hydrogen-bond donors (Lipinski definition) is 2. The summed E-state index contributed by atoms with van der Waals surface area (Å²) < 4.78 is 55.4. The van der Waals surface area contributed by atoms with Gasteiger partial charge in [0, 0.05) is 0 Å². The van der Waals surface area contributed by atoms with Gasteiger partial charge in [0.15, 0.2) is 5.56 Å². The minimum atomic E-state index is -4.75. The second kappa shape index (κ2) is 5.81. The molecular weight excluding hydrogens is 370 g/mol. The van der Waals surface area contributed by atoms with E-state index in [4.69, 9.17) is 4.42 Å². The molecule has 0 saturated carbocycles. The lowest BCUT2D eigenvalue weighted by Gasteiger charge is -2.05. The Kier molecular flexibility index (Phi) is 3.91. The molecule has 0 atom stereocenters. The first-order valence-corrected chi connectivity index (χ1v) is 7.16. The SMILES string of the molecule is O=C(Nc1nnc(C(F)(F)F)s1)c1c(O)c2cc(F)ccc2oc1=O. The van der Waals surface area contributed by atoms with Gasteiger partial charge >= 0.3 is 11.8 Å². The number of nitrogens with zero attached hydrogens (tertiary/aromatic N) is 2. The highest BCUT2D eigenvalue weighted by atomic mass is 32.1. The van der Waals surface area contributed by atoms with Crippen molar-refractivity contribution in [1.82, 2.24) is 10.2 Å². The summed E-state index contributed by atoms with van der Waals surface area (Å²) in [5, 5.41) is 15.8. The number of rotatable bonds is 2. The van der Waals surface area contributed by atoms with Gasteiger partial charge in [0.1, 0.15) is 17.1 Å². The van der Waals surface area contributed by atoms with Gasteiger partial charge < -0.3 is 9.52 Å². The molecule has 130 valence electrons. The van der Waals surface area contributed by atoms with Crippen LogP contribution in [0.4, 0.5) is 22.7 Å². The fourth-order valence-electron chi connectivity index (χ4n) is 1.91. The average Bonchev–Trinajstić information content (AvgIpc) is 2.97. The zero-order chi connectivity index (χ0) is 18.4. The number of halogens is 4. The van der Waals surface area contributed by atoms with Crippen molar-refractivity contribution in [3.63, 3.8) is 0 Å². The molecular formula is C13H5F4N3O4S. The first-order valence-electron chi connectivity index (χ1n) is 6.34. The molecule has 3 rings (SSSR count). The largest absolute Gasteiger partial charge is 0.506 e. The number of aromatic hydroxyl groups is 1. The van der Waals surface area contributed by atoms with E-state index in [0.29, 0.717) is 0 Å². The number of alkyl halides is 3. The summed E-state index contributed by atoms with van der Waals surface area (Å²) in [6.45, 7) is 0. The summed E-state index contributed by atoms with van der Waals surface area (Å²) in [6, 6.07) is 2.88. The lowest BCUT2D eigenvalue weighted by atomic mass is 10.1. The van der Waals surface area contributed by atoms with Crippen molar-refractivity contribution < 1.29 is 31.9 Å². The maximum absolute atomic E-state index is 13.3. The predicted octanol–water partition coefficient (Wildman–Crippen LogP) is 2.76. The second-order valence-electron chi connectivity index (χ2n) is 4.62. The Bertz CT molecular complexity index is 1040. The molecule has 0 aliphatic rings. The van der Waals surface area contributed by atoms with Crippen molar-refractivity contribution in [1.29, 1.82) is 0 Å². The van der Waals surface area contributed by atoms with E-state index >= 15 is 0 Å². The van der Waals surface area contributed by atoms with Crippen LogP contribution in [-0.2, 0) is 6.18 Å². The summed E-state index contributed by atoms with van der Waals surface area (Å²) in [4.78, 5) is 23.9.